The highest BCUT2D eigenvalue weighted by Crippen LogP contribution is 2.43. The third-order valence-electron chi connectivity index (χ3n) is 11.5. The fourth-order valence-corrected chi connectivity index (χ4v) is 8.48. The molecule has 1 aromatic heterocycles. The van der Waals surface area contributed by atoms with Crippen LogP contribution < -0.4 is 19.6 Å². The fourth-order valence-electron chi connectivity index (χ4n) is 8.18. The van der Waals surface area contributed by atoms with Gasteiger partial charge in [0.25, 0.3) is 5.91 Å². The highest BCUT2D eigenvalue weighted by atomic mass is 35.5. The lowest BCUT2D eigenvalue weighted by atomic mass is 9.72. The van der Waals surface area contributed by atoms with Crippen LogP contribution in [0.4, 0.5) is 0 Å². The number of pyridine rings is 1. The number of carboxylic acids is 1. The van der Waals surface area contributed by atoms with Crippen LogP contribution in [0.5, 0.6) is 17.2 Å². The summed E-state index contributed by atoms with van der Waals surface area (Å²) < 4.78 is 16.5. The molecule has 1 atom stereocenters. The largest absolute Gasteiger partial charge is 0.493 e. The lowest BCUT2D eigenvalue weighted by Gasteiger charge is -2.43. The molecule has 0 spiro atoms. The smallest absolute Gasteiger partial charge is 0.306 e. The van der Waals surface area contributed by atoms with Gasteiger partial charge in [-0.15, -0.1) is 0 Å². The third kappa shape index (κ3) is 8.06. The molecule has 12 nitrogen and oxygen atoms in total. The molecule has 3 aliphatic heterocycles. The maximum atomic E-state index is 14.1. The van der Waals surface area contributed by atoms with Crippen LogP contribution in [0.3, 0.4) is 0 Å². The number of hydrazine groups is 1. The summed E-state index contributed by atoms with van der Waals surface area (Å²) in [6, 6.07) is 12.9. The van der Waals surface area contributed by atoms with Crippen LogP contribution in [0.25, 0.3) is 0 Å². The molecular formula is C39H47Cl2N5O7. The average Bonchev–Trinajstić information content (AvgIpc) is 3.63. The zero-order valence-corrected chi connectivity index (χ0v) is 31.9. The van der Waals surface area contributed by atoms with Crippen molar-refractivity contribution in [3.05, 3.63) is 81.6 Å². The van der Waals surface area contributed by atoms with E-state index in [0.717, 1.165) is 30.5 Å². The van der Waals surface area contributed by atoms with Gasteiger partial charge in [-0.3, -0.25) is 24.8 Å². The number of carbonyl (C=O) groups excluding carboxylic acids is 2. The van der Waals surface area contributed by atoms with E-state index in [1.807, 2.05) is 40.2 Å². The summed E-state index contributed by atoms with van der Waals surface area (Å²) in [6.45, 7) is 4.17. The second-order valence-corrected chi connectivity index (χ2v) is 15.1. The van der Waals surface area contributed by atoms with Crippen molar-refractivity contribution in [2.45, 2.75) is 49.4 Å². The summed E-state index contributed by atoms with van der Waals surface area (Å²) in [7, 11) is 4.58. The molecular weight excluding hydrogens is 721 g/mol. The van der Waals surface area contributed by atoms with Crippen molar-refractivity contribution in [1.82, 2.24) is 25.2 Å². The number of carboxylic acid groups (broad SMARTS) is 1. The number of halogens is 2. The lowest BCUT2D eigenvalue weighted by molar-refractivity contribution is -0.144. The Morgan fingerprint density at radius 3 is 2.09 bits per heavy atom. The minimum Gasteiger partial charge on any atom is -0.493 e. The zero-order valence-electron chi connectivity index (χ0n) is 30.4. The predicted molar refractivity (Wildman–Crippen MR) is 201 cm³/mol. The number of piperidine rings is 2. The quantitative estimate of drug-likeness (QED) is 0.245. The van der Waals surface area contributed by atoms with E-state index >= 15 is 0 Å². The number of likely N-dealkylation sites (tertiary alicyclic amines) is 2. The lowest BCUT2D eigenvalue weighted by Crippen LogP contribution is -2.57. The van der Waals surface area contributed by atoms with E-state index in [2.05, 4.69) is 15.3 Å². The van der Waals surface area contributed by atoms with Crippen molar-refractivity contribution >= 4 is 41.0 Å². The molecule has 6 rings (SSSR count). The molecule has 2 N–H and O–H groups in total. The number of rotatable bonds is 12. The van der Waals surface area contributed by atoms with Crippen LogP contribution in [0.1, 0.15) is 60.0 Å². The molecule has 0 radical (unpaired) electrons. The highest BCUT2D eigenvalue weighted by molar-refractivity contribution is 6.42. The molecule has 0 bridgehead atoms. The molecule has 3 aliphatic rings. The topological polar surface area (TPSA) is 134 Å². The molecule has 4 heterocycles. The van der Waals surface area contributed by atoms with E-state index in [4.69, 9.17) is 37.4 Å². The molecule has 0 saturated carbocycles. The van der Waals surface area contributed by atoms with Crippen LogP contribution in [0.2, 0.25) is 10.0 Å². The number of hydrogen-bond acceptors (Lipinski definition) is 9. The van der Waals surface area contributed by atoms with Crippen molar-refractivity contribution in [2.75, 3.05) is 67.1 Å². The first-order valence-corrected chi connectivity index (χ1v) is 18.7. The van der Waals surface area contributed by atoms with Gasteiger partial charge < -0.3 is 29.1 Å². The van der Waals surface area contributed by atoms with Crippen molar-refractivity contribution in [3.63, 3.8) is 0 Å². The second kappa shape index (κ2) is 16.5. The third-order valence-corrected chi connectivity index (χ3v) is 12.2. The van der Waals surface area contributed by atoms with E-state index in [9.17, 15) is 19.5 Å². The Balaban J connectivity index is 1.18. The second-order valence-electron chi connectivity index (χ2n) is 14.3. The Bertz CT molecular complexity index is 1770. The van der Waals surface area contributed by atoms with Gasteiger partial charge in [0.15, 0.2) is 11.5 Å². The Kier molecular flexibility index (Phi) is 12.0. The maximum absolute atomic E-state index is 14.1. The normalized spacial score (nSPS) is 20.9. The van der Waals surface area contributed by atoms with Crippen LogP contribution in [0, 0.1) is 5.92 Å². The molecule has 3 fully saturated rings. The van der Waals surface area contributed by atoms with Gasteiger partial charge in [-0.1, -0.05) is 29.3 Å². The summed E-state index contributed by atoms with van der Waals surface area (Å²) in [4.78, 5) is 48.1. The van der Waals surface area contributed by atoms with Crippen molar-refractivity contribution in [2.24, 2.45) is 5.92 Å². The van der Waals surface area contributed by atoms with Gasteiger partial charge in [0, 0.05) is 49.6 Å². The molecule has 2 amide bonds. The van der Waals surface area contributed by atoms with E-state index in [-0.39, 0.29) is 23.1 Å². The summed E-state index contributed by atoms with van der Waals surface area (Å²) in [5.41, 5.74) is 4.41. The molecule has 53 heavy (non-hydrogen) atoms. The Hall–Kier alpha value is -4.10. The maximum Gasteiger partial charge on any atom is 0.306 e. The van der Waals surface area contributed by atoms with Crippen molar-refractivity contribution < 1.29 is 33.7 Å². The SMILES string of the molecule is COc1cc(C(=O)N2CCC(CCN3CCC(C(=O)NN4CCC(C(=O)O)CC4)(c4ccncc4)CC3)(c3ccc(Cl)c(Cl)c3)C2)cc(OC)c1OC. The van der Waals surface area contributed by atoms with Crippen LogP contribution in [0.15, 0.2) is 54.9 Å². The summed E-state index contributed by atoms with van der Waals surface area (Å²) in [5.74, 6) is -0.125. The molecule has 1 unspecified atom stereocenters. The highest BCUT2D eigenvalue weighted by Gasteiger charge is 2.46. The number of nitrogens with one attached hydrogen (secondary N) is 1. The fraction of sp³-hybridized carbons (Fsp3) is 0.487. The van der Waals surface area contributed by atoms with Crippen LogP contribution >= 0.6 is 23.2 Å². The number of hydrogen-bond donors (Lipinski definition) is 2. The number of amides is 2. The minimum absolute atomic E-state index is 0.0684. The van der Waals surface area contributed by atoms with Gasteiger partial charge in [0.1, 0.15) is 0 Å². The number of nitrogens with zero attached hydrogens (tertiary/aromatic N) is 4. The van der Waals surface area contributed by atoms with E-state index in [0.29, 0.717) is 97.8 Å². The van der Waals surface area contributed by atoms with Crippen molar-refractivity contribution in [1.29, 1.82) is 0 Å². The van der Waals surface area contributed by atoms with Crippen LogP contribution in [-0.2, 0) is 20.4 Å². The first kappa shape index (κ1) is 38.6. The number of methoxy groups -OCH3 is 3. The number of ether oxygens (including phenoxy) is 3. The van der Waals surface area contributed by atoms with E-state index in [1.54, 1.807) is 24.5 Å². The molecule has 14 heteroatoms. The molecule has 2 aromatic carbocycles. The van der Waals surface area contributed by atoms with E-state index < -0.39 is 11.4 Å². The Morgan fingerprint density at radius 1 is 0.849 bits per heavy atom. The van der Waals surface area contributed by atoms with Gasteiger partial charge in [-0.25, -0.2) is 5.01 Å². The summed E-state index contributed by atoms with van der Waals surface area (Å²) >= 11 is 12.9. The average molecular weight is 769 g/mol. The zero-order chi connectivity index (χ0) is 37.8. The minimum atomic E-state index is -0.784. The van der Waals surface area contributed by atoms with Crippen molar-refractivity contribution in [3.8, 4) is 17.2 Å². The molecule has 3 aromatic rings. The Labute approximate surface area is 320 Å². The molecule has 0 aliphatic carbocycles. The van der Waals surface area contributed by atoms with Crippen LogP contribution in [-0.4, -0.2) is 110 Å². The predicted octanol–water partition coefficient (Wildman–Crippen LogP) is 5.45. The van der Waals surface area contributed by atoms with Gasteiger partial charge in [0.05, 0.1) is 42.7 Å². The molecule has 3 saturated heterocycles. The van der Waals surface area contributed by atoms with Gasteiger partial charge >= 0.3 is 5.97 Å². The van der Waals surface area contributed by atoms with Gasteiger partial charge in [0.2, 0.25) is 11.7 Å². The van der Waals surface area contributed by atoms with E-state index in [1.165, 1.54) is 21.3 Å². The number of aromatic nitrogens is 1. The summed E-state index contributed by atoms with van der Waals surface area (Å²) in [5, 5.41) is 12.2. The van der Waals surface area contributed by atoms with Gasteiger partial charge in [-0.2, -0.15) is 0 Å². The first-order valence-electron chi connectivity index (χ1n) is 18.0. The number of aliphatic carboxylic acids is 1. The number of carbonyl (C=O) groups is 3. The van der Waals surface area contributed by atoms with Gasteiger partial charge in [-0.05, 0) is 106 Å². The first-order chi connectivity index (χ1) is 25.5. The Morgan fingerprint density at radius 2 is 1.51 bits per heavy atom. The monoisotopic (exact) mass is 767 g/mol. The number of benzene rings is 2. The standard InChI is InChI=1S/C39H47Cl2N5O7/c1-51-32-22-27(23-33(52-2)34(32)53-3)35(47)45-21-11-38(25-45,29-4-5-30(40)31(41)24-29)10-18-44-19-12-39(13-20-44,28-6-14-42-15-7-28)37(50)43-46-16-8-26(9-17-46)36(48)49/h4-7,14-15,22-24,26H,8-13,16-21,25H2,1-3H3,(H,43,50)(H,48,49). The summed E-state index contributed by atoms with van der Waals surface area (Å²) in [6.07, 6.45) is 7.16. The molecule has 284 valence electrons.